The van der Waals surface area contributed by atoms with Gasteiger partial charge in [0.05, 0.1) is 18.8 Å². The van der Waals surface area contributed by atoms with Gasteiger partial charge < -0.3 is 15.0 Å². The van der Waals surface area contributed by atoms with E-state index in [9.17, 15) is 9.18 Å². The van der Waals surface area contributed by atoms with E-state index in [1.165, 1.54) is 0 Å². The smallest absolute Gasteiger partial charge is 0.254 e. The van der Waals surface area contributed by atoms with Crippen molar-refractivity contribution in [2.75, 3.05) is 43.5 Å². The SMILES string of the molecule is CCSc1nc(N2CCOCC2)cc(C)c1C(=O)NCCCC(C)(C)F. The number of halogens is 1. The molecule has 146 valence electrons. The molecule has 0 aromatic carbocycles. The summed E-state index contributed by atoms with van der Waals surface area (Å²) < 4.78 is 19.0. The van der Waals surface area contributed by atoms with Crippen LogP contribution in [0.15, 0.2) is 11.1 Å². The number of aromatic nitrogens is 1. The van der Waals surface area contributed by atoms with Crippen molar-refractivity contribution >= 4 is 23.5 Å². The van der Waals surface area contributed by atoms with Crippen LogP contribution >= 0.6 is 11.8 Å². The van der Waals surface area contributed by atoms with Gasteiger partial charge in [0.15, 0.2) is 0 Å². The Balaban J connectivity index is 2.11. The quantitative estimate of drug-likeness (QED) is 0.549. The lowest BCUT2D eigenvalue weighted by molar-refractivity contribution is 0.0944. The number of nitrogens with zero attached hydrogens (tertiary/aromatic N) is 2. The average molecular weight is 384 g/mol. The van der Waals surface area contributed by atoms with Crippen LogP contribution in [0.5, 0.6) is 0 Å². The minimum Gasteiger partial charge on any atom is -0.378 e. The molecule has 1 amide bonds. The molecule has 1 aromatic rings. The molecule has 1 aliphatic heterocycles. The van der Waals surface area contributed by atoms with E-state index < -0.39 is 5.67 Å². The van der Waals surface area contributed by atoms with E-state index in [1.54, 1.807) is 25.6 Å². The molecule has 0 saturated carbocycles. The number of pyridine rings is 1. The zero-order chi connectivity index (χ0) is 19.2. The number of hydrogen-bond acceptors (Lipinski definition) is 5. The largest absolute Gasteiger partial charge is 0.378 e. The summed E-state index contributed by atoms with van der Waals surface area (Å²) in [7, 11) is 0. The molecule has 26 heavy (non-hydrogen) atoms. The number of ether oxygens (including phenoxy) is 1. The molecule has 2 heterocycles. The average Bonchev–Trinajstić information content (AvgIpc) is 2.58. The Labute approximate surface area is 160 Å². The van der Waals surface area contributed by atoms with Crippen molar-refractivity contribution in [1.82, 2.24) is 10.3 Å². The van der Waals surface area contributed by atoms with Crippen LogP contribution in [0.2, 0.25) is 0 Å². The van der Waals surface area contributed by atoms with Crippen LogP contribution < -0.4 is 10.2 Å². The van der Waals surface area contributed by atoms with Gasteiger partial charge in [0.2, 0.25) is 0 Å². The normalized spacial score (nSPS) is 15.2. The first-order valence-electron chi connectivity index (χ1n) is 9.26. The molecule has 0 unspecified atom stereocenters. The highest BCUT2D eigenvalue weighted by Gasteiger charge is 2.21. The Morgan fingerprint density at radius 1 is 1.42 bits per heavy atom. The van der Waals surface area contributed by atoms with Crippen molar-refractivity contribution in [1.29, 1.82) is 0 Å². The van der Waals surface area contributed by atoms with Crippen molar-refractivity contribution < 1.29 is 13.9 Å². The number of carbonyl (C=O) groups excluding carboxylic acids is 1. The van der Waals surface area contributed by atoms with Gasteiger partial charge in [-0.1, -0.05) is 6.92 Å². The fraction of sp³-hybridized carbons (Fsp3) is 0.684. The molecule has 1 saturated heterocycles. The summed E-state index contributed by atoms with van der Waals surface area (Å²) in [6.07, 6.45) is 1.04. The lowest BCUT2D eigenvalue weighted by Gasteiger charge is -2.29. The highest BCUT2D eigenvalue weighted by atomic mass is 32.2. The summed E-state index contributed by atoms with van der Waals surface area (Å²) >= 11 is 1.58. The molecule has 1 aromatic heterocycles. The first-order valence-corrected chi connectivity index (χ1v) is 10.2. The van der Waals surface area contributed by atoms with Gasteiger partial charge in [-0.25, -0.2) is 9.37 Å². The van der Waals surface area contributed by atoms with E-state index in [0.29, 0.717) is 38.2 Å². The monoisotopic (exact) mass is 383 g/mol. The molecule has 1 fully saturated rings. The molecule has 1 aliphatic rings. The summed E-state index contributed by atoms with van der Waals surface area (Å²) in [6, 6.07) is 1.98. The first-order chi connectivity index (χ1) is 12.3. The van der Waals surface area contributed by atoms with E-state index >= 15 is 0 Å². The van der Waals surface area contributed by atoms with Gasteiger partial charge in [0, 0.05) is 19.6 Å². The molecule has 0 radical (unpaired) electrons. The molecule has 0 atom stereocenters. The molecular formula is C19H30FN3O2S. The third-order valence-electron chi connectivity index (χ3n) is 4.25. The minimum atomic E-state index is -1.20. The topological polar surface area (TPSA) is 54.5 Å². The van der Waals surface area contributed by atoms with Crippen molar-refractivity contribution in [3.63, 3.8) is 0 Å². The van der Waals surface area contributed by atoms with Crippen molar-refractivity contribution in [3.05, 3.63) is 17.2 Å². The van der Waals surface area contributed by atoms with E-state index in [-0.39, 0.29) is 5.91 Å². The van der Waals surface area contributed by atoms with Crippen LogP contribution in [0.4, 0.5) is 10.2 Å². The maximum Gasteiger partial charge on any atom is 0.254 e. The summed E-state index contributed by atoms with van der Waals surface area (Å²) in [5.41, 5.74) is 0.347. The van der Waals surface area contributed by atoms with E-state index in [1.807, 2.05) is 19.9 Å². The molecular weight excluding hydrogens is 353 g/mol. The Morgan fingerprint density at radius 2 is 2.12 bits per heavy atom. The number of anilines is 1. The predicted octanol–water partition coefficient (Wildman–Crippen LogP) is 3.60. The highest BCUT2D eigenvalue weighted by molar-refractivity contribution is 7.99. The number of hydrogen-bond donors (Lipinski definition) is 1. The van der Waals surface area contributed by atoms with Crippen LogP contribution in [0.3, 0.4) is 0 Å². The number of rotatable bonds is 8. The van der Waals surface area contributed by atoms with Gasteiger partial charge in [0.1, 0.15) is 16.5 Å². The first kappa shape index (κ1) is 21.0. The third kappa shape index (κ3) is 6.13. The summed E-state index contributed by atoms with van der Waals surface area (Å²) in [6.45, 7) is 10.6. The molecule has 0 spiro atoms. The zero-order valence-corrected chi connectivity index (χ0v) is 17.0. The van der Waals surface area contributed by atoms with E-state index in [0.717, 1.165) is 35.2 Å². The van der Waals surface area contributed by atoms with E-state index in [2.05, 4.69) is 10.2 Å². The minimum absolute atomic E-state index is 0.129. The third-order valence-corrected chi connectivity index (χ3v) is 5.10. The second-order valence-corrected chi connectivity index (χ2v) is 8.34. The van der Waals surface area contributed by atoms with Gasteiger partial charge in [-0.2, -0.15) is 0 Å². The van der Waals surface area contributed by atoms with Crippen LogP contribution in [0, 0.1) is 6.92 Å². The number of nitrogens with one attached hydrogen (secondary N) is 1. The van der Waals surface area contributed by atoms with Crippen LogP contribution in [0.25, 0.3) is 0 Å². The maximum absolute atomic E-state index is 13.5. The van der Waals surface area contributed by atoms with Gasteiger partial charge in [-0.3, -0.25) is 4.79 Å². The van der Waals surface area contributed by atoms with Gasteiger partial charge >= 0.3 is 0 Å². The van der Waals surface area contributed by atoms with Gasteiger partial charge in [0.25, 0.3) is 5.91 Å². The maximum atomic E-state index is 13.5. The number of thioether (sulfide) groups is 1. The summed E-state index contributed by atoms with van der Waals surface area (Å²) in [5.74, 6) is 1.61. The summed E-state index contributed by atoms with van der Waals surface area (Å²) in [5, 5.41) is 3.68. The standard InChI is InChI=1S/C19H30FN3O2S/c1-5-26-18-16(17(24)21-8-6-7-19(3,4)20)14(2)13-15(22-18)23-9-11-25-12-10-23/h13H,5-12H2,1-4H3,(H,21,24). The van der Waals surface area contributed by atoms with Crippen molar-refractivity contribution in [2.45, 2.75) is 51.2 Å². The fourth-order valence-electron chi connectivity index (χ4n) is 2.90. The second-order valence-electron chi connectivity index (χ2n) is 7.09. The number of carbonyl (C=O) groups is 1. The molecule has 0 aliphatic carbocycles. The van der Waals surface area contributed by atoms with Crippen molar-refractivity contribution in [3.8, 4) is 0 Å². The number of morpholine rings is 1. The fourth-order valence-corrected chi connectivity index (χ4v) is 3.73. The van der Waals surface area contributed by atoms with Gasteiger partial charge in [-0.05, 0) is 51.0 Å². The Hall–Kier alpha value is -1.34. The lowest BCUT2D eigenvalue weighted by atomic mass is 10.1. The molecule has 7 heteroatoms. The highest BCUT2D eigenvalue weighted by Crippen LogP contribution is 2.28. The Kier molecular flexibility index (Phi) is 7.70. The predicted molar refractivity (Wildman–Crippen MR) is 105 cm³/mol. The molecule has 1 N–H and O–H groups in total. The van der Waals surface area contributed by atoms with Crippen LogP contribution in [0.1, 0.15) is 49.5 Å². The van der Waals surface area contributed by atoms with Gasteiger partial charge in [-0.15, -0.1) is 11.8 Å². The van der Waals surface area contributed by atoms with E-state index in [4.69, 9.17) is 9.72 Å². The van der Waals surface area contributed by atoms with Crippen molar-refractivity contribution in [2.24, 2.45) is 0 Å². The lowest BCUT2D eigenvalue weighted by Crippen LogP contribution is -2.37. The molecule has 5 nitrogen and oxygen atoms in total. The number of alkyl halides is 1. The second kappa shape index (κ2) is 9.55. The molecule has 0 bridgehead atoms. The zero-order valence-electron chi connectivity index (χ0n) is 16.2. The van der Waals surface area contributed by atoms with Crippen LogP contribution in [-0.4, -0.2) is 55.2 Å². The molecule has 2 rings (SSSR count). The summed E-state index contributed by atoms with van der Waals surface area (Å²) in [4.78, 5) is 19.6. The number of aryl methyl sites for hydroxylation is 1. The van der Waals surface area contributed by atoms with Crippen LogP contribution in [-0.2, 0) is 4.74 Å². The number of amides is 1. The Bertz CT molecular complexity index is 614. The Morgan fingerprint density at radius 3 is 2.73 bits per heavy atom.